The second kappa shape index (κ2) is 6.28. The average Bonchev–Trinajstić information content (AvgIpc) is 2.34. The predicted octanol–water partition coefficient (Wildman–Crippen LogP) is 5.40. The van der Waals surface area contributed by atoms with Crippen molar-refractivity contribution in [2.75, 3.05) is 10.6 Å². The minimum Gasteiger partial charge on any atom is -0.308 e. The van der Waals surface area contributed by atoms with Gasteiger partial charge in [0, 0.05) is 20.9 Å². The van der Waals surface area contributed by atoms with Crippen molar-refractivity contribution in [2.24, 2.45) is 0 Å². The minimum atomic E-state index is -0.350. The summed E-state index contributed by atoms with van der Waals surface area (Å²) < 4.78 is 0.717. The predicted molar refractivity (Wildman–Crippen MR) is 83.2 cm³/mol. The van der Waals surface area contributed by atoms with E-state index >= 15 is 0 Å². The molecule has 0 aliphatic carbocycles. The number of urea groups is 1. The molecule has 2 rings (SSSR count). The maximum atomic E-state index is 11.8. The Kier molecular flexibility index (Phi) is 4.69. The summed E-state index contributed by atoms with van der Waals surface area (Å²) in [4.78, 5) is 11.8. The third-order valence-electron chi connectivity index (χ3n) is 2.26. The van der Waals surface area contributed by atoms with E-state index in [4.69, 9.17) is 23.2 Å². The molecule has 0 atom stereocenters. The van der Waals surface area contributed by atoms with Crippen LogP contribution in [0.15, 0.2) is 46.9 Å². The molecular weight excluding hydrogens is 351 g/mol. The van der Waals surface area contributed by atoms with Gasteiger partial charge in [-0.25, -0.2) is 4.79 Å². The van der Waals surface area contributed by atoms with Gasteiger partial charge in [-0.1, -0.05) is 29.3 Å². The Hall–Kier alpha value is -1.23. The lowest BCUT2D eigenvalue weighted by Gasteiger charge is -2.08. The Morgan fingerprint density at radius 1 is 1.00 bits per heavy atom. The SMILES string of the molecule is O=C(Nc1cccc(Cl)c1)Nc1ccc(Cl)c(Br)c1. The third kappa shape index (κ3) is 4.13. The van der Waals surface area contributed by atoms with Gasteiger partial charge in [0.15, 0.2) is 0 Å². The van der Waals surface area contributed by atoms with Crippen molar-refractivity contribution in [2.45, 2.75) is 0 Å². The van der Waals surface area contributed by atoms with E-state index in [-0.39, 0.29) is 6.03 Å². The van der Waals surface area contributed by atoms with Crippen LogP contribution in [0.1, 0.15) is 0 Å². The number of carbonyl (C=O) groups is 1. The first-order valence-electron chi connectivity index (χ1n) is 5.33. The molecule has 0 unspecified atom stereocenters. The number of hydrogen-bond donors (Lipinski definition) is 2. The lowest BCUT2D eigenvalue weighted by atomic mass is 10.3. The van der Waals surface area contributed by atoms with Crippen molar-refractivity contribution in [3.8, 4) is 0 Å². The van der Waals surface area contributed by atoms with Crippen molar-refractivity contribution in [1.29, 1.82) is 0 Å². The van der Waals surface area contributed by atoms with Crippen LogP contribution in [0, 0.1) is 0 Å². The highest BCUT2D eigenvalue weighted by Crippen LogP contribution is 2.25. The molecule has 0 saturated heterocycles. The molecule has 2 amide bonds. The van der Waals surface area contributed by atoms with Gasteiger partial charge in [0.1, 0.15) is 0 Å². The number of carbonyl (C=O) groups excluding carboxylic acids is 1. The quantitative estimate of drug-likeness (QED) is 0.740. The average molecular weight is 360 g/mol. The first-order valence-corrected chi connectivity index (χ1v) is 6.88. The highest BCUT2D eigenvalue weighted by molar-refractivity contribution is 9.10. The van der Waals surface area contributed by atoms with Crippen LogP contribution in [0.25, 0.3) is 0 Å². The van der Waals surface area contributed by atoms with Crippen LogP contribution < -0.4 is 10.6 Å². The van der Waals surface area contributed by atoms with Gasteiger partial charge in [-0.15, -0.1) is 0 Å². The van der Waals surface area contributed by atoms with E-state index in [1.54, 1.807) is 42.5 Å². The van der Waals surface area contributed by atoms with Gasteiger partial charge in [0.05, 0.1) is 5.02 Å². The number of halogens is 3. The van der Waals surface area contributed by atoms with Crippen LogP contribution in [0.5, 0.6) is 0 Å². The van der Waals surface area contributed by atoms with Gasteiger partial charge < -0.3 is 10.6 Å². The smallest absolute Gasteiger partial charge is 0.308 e. The van der Waals surface area contributed by atoms with Gasteiger partial charge in [-0.2, -0.15) is 0 Å². The van der Waals surface area contributed by atoms with Gasteiger partial charge >= 0.3 is 6.03 Å². The molecular formula is C13H9BrCl2N2O. The highest BCUT2D eigenvalue weighted by Gasteiger charge is 2.04. The molecule has 0 aliphatic rings. The fourth-order valence-corrected chi connectivity index (χ4v) is 2.12. The molecule has 3 nitrogen and oxygen atoms in total. The first kappa shape index (κ1) is 14.2. The number of rotatable bonds is 2. The molecule has 0 spiro atoms. The lowest BCUT2D eigenvalue weighted by Crippen LogP contribution is -2.19. The van der Waals surface area contributed by atoms with Crippen LogP contribution in [-0.2, 0) is 0 Å². The first-order chi connectivity index (χ1) is 9.04. The van der Waals surface area contributed by atoms with Crippen LogP contribution in [-0.4, -0.2) is 6.03 Å². The number of amides is 2. The number of benzene rings is 2. The van der Waals surface area contributed by atoms with Crippen LogP contribution in [0.4, 0.5) is 16.2 Å². The Morgan fingerprint density at radius 2 is 1.68 bits per heavy atom. The molecule has 98 valence electrons. The molecule has 0 aromatic heterocycles. The molecule has 6 heteroatoms. The monoisotopic (exact) mass is 358 g/mol. The highest BCUT2D eigenvalue weighted by atomic mass is 79.9. The molecule has 0 fully saturated rings. The topological polar surface area (TPSA) is 41.1 Å². The summed E-state index contributed by atoms with van der Waals surface area (Å²) in [5, 5.41) is 6.52. The number of anilines is 2. The molecule has 0 bridgehead atoms. The molecule has 2 aromatic rings. The second-order valence-corrected chi connectivity index (χ2v) is 5.42. The fourth-order valence-electron chi connectivity index (χ4n) is 1.43. The van der Waals surface area contributed by atoms with Crippen LogP contribution >= 0.6 is 39.1 Å². The molecule has 19 heavy (non-hydrogen) atoms. The number of hydrogen-bond acceptors (Lipinski definition) is 1. The van der Waals surface area contributed by atoms with E-state index in [1.165, 1.54) is 0 Å². The Balaban J connectivity index is 2.03. The zero-order valence-corrected chi connectivity index (χ0v) is 12.7. The summed E-state index contributed by atoms with van der Waals surface area (Å²) in [7, 11) is 0. The number of nitrogens with one attached hydrogen (secondary N) is 2. The lowest BCUT2D eigenvalue weighted by molar-refractivity contribution is 0.262. The van der Waals surface area contributed by atoms with E-state index in [0.717, 1.165) is 4.47 Å². The molecule has 2 N–H and O–H groups in total. The maximum absolute atomic E-state index is 11.8. The largest absolute Gasteiger partial charge is 0.323 e. The molecule has 0 saturated carbocycles. The fraction of sp³-hybridized carbons (Fsp3) is 0. The van der Waals surface area contributed by atoms with Gasteiger partial charge in [0.25, 0.3) is 0 Å². The van der Waals surface area contributed by atoms with Crippen molar-refractivity contribution < 1.29 is 4.79 Å². The molecule has 0 heterocycles. The minimum absolute atomic E-state index is 0.350. The summed E-state index contributed by atoms with van der Waals surface area (Å²) in [6.07, 6.45) is 0. The Morgan fingerprint density at radius 3 is 2.32 bits per heavy atom. The Labute approximate surface area is 129 Å². The van der Waals surface area contributed by atoms with E-state index in [1.807, 2.05) is 0 Å². The summed E-state index contributed by atoms with van der Waals surface area (Å²) in [5.74, 6) is 0. The van der Waals surface area contributed by atoms with E-state index in [9.17, 15) is 4.79 Å². The van der Waals surface area contributed by atoms with Crippen molar-refractivity contribution >= 4 is 56.5 Å². The summed E-state index contributed by atoms with van der Waals surface area (Å²) in [5.41, 5.74) is 1.26. The molecule has 2 aromatic carbocycles. The van der Waals surface area contributed by atoms with E-state index in [0.29, 0.717) is 21.4 Å². The van der Waals surface area contributed by atoms with Crippen LogP contribution in [0.2, 0.25) is 10.0 Å². The zero-order valence-electron chi connectivity index (χ0n) is 9.58. The Bertz CT molecular complexity index is 619. The van der Waals surface area contributed by atoms with E-state index in [2.05, 4.69) is 26.6 Å². The van der Waals surface area contributed by atoms with Crippen molar-refractivity contribution in [3.05, 3.63) is 57.0 Å². The second-order valence-electron chi connectivity index (χ2n) is 3.72. The molecule has 0 aliphatic heterocycles. The van der Waals surface area contributed by atoms with Crippen molar-refractivity contribution in [3.63, 3.8) is 0 Å². The standard InChI is InChI=1S/C13H9BrCl2N2O/c14-11-7-10(4-5-12(11)16)18-13(19)17-9-3-1-2-8(15)6-9/h1-7H,(H2,17,18,19). The third-order valence-corrected chi connectivity index (χ3v) is 3.71. The zero-order chi connectivity index (χ0) is 13.8. The van der Waals surface area contributed by atoms with E-state index < -0.39 is 0 Å². The van der Waals surface area contributed by atoms with Gasteiger partial charge in [-0.05, 0) is 52.3 Å². The summed E-state index contributed by atoms with van der Waals surface area (Å²) in [6.45, 7) is 0. The maximum Gasteiger partial charge on any atom is 0.323 e. The van der Waals surface area contributed by atoms with Gasteiger partial charge in [-0.3, -0.25) is 0 Å². The summed E-state index contributed by atoms with van der Waals surface area (Å²) >= 11 is 15.0. The normalized spacial score (nSPS) is 10.1. The van der Waals surface area contributed by atoms with Crippen LogP contribution in [0.3, 0.4) is 0 Å². The van der Waals surface area contributed by atoms with Gasteiger partial charge in [0.2, 0.25) is 0 Å². The van der Waals surface area contributed by atoms with Crippen molar-refractivity contribution in [1.82, 2.24) is 0 Å². The summed E-state index contributed by atoms with van der Waals surface area (Å²) in [6, 6.07) is 11.7. The molecule has 0 radical (unpaired) electrons.